The molecule has 0 radical (unpaired) electrons. The van der Waals surface area contributed by atoms with Crippen molar-refractivity contribution >= 4 is 34.2 Å². The van der Waals surface area contributed by atoms with Gasteiger partial charge in [-0.3, -0.25) is 4.79 Å². The summed E-state index contributed by atoms with van der Waals surface area (Å²) in [6.45, 7) is 1.81. The van der Waals surface area contributed by atoms with E-state index >= 15 is 0 Å². The molecule has 7 nitrogen and oxygen atoms in total. The fourth-order valence-electron chi connectivity index (χ4n) is 3.24. The Morgan fingerprint density at radius 1 is 1.03 bits per heavy atom. The number of amides is 1. The Hall–Kier alpha value is -3.71. The number of anilines is 1. The van der Waals surface area contributed by atoms with Gasteiger partial charge in [0.15, 0.2) is 18.1 Å². The van der Waals surface area contributed by atoms with Crippen LogP contribution in [-0.4, -0.2) is 36.7 Å². The quantitative estimate of drug-likeness (QED) is 0.402. The van der Waals surface area contributed by atoms with E-state index in [1.54, 1.807) is 38.5 Å². The number of benzene rings is 3. The first-order chi connectivity index (χ1) is 15.5. The lowest BCUT2D eigenvalue weighted by Gasteiger charge is -2.11. The lowest BCUT2D eigenvalue weighted by atomic mass is 10.1. The number of nitrogens with one attached hydrogen (secondary N) is 2. The number of methoxy groups -OCH3 is 2. The van der Waals surface area contributed by atoms with Gasteiger partial charge in [-0.2, -0.15) is 0 Å². The third kappa shape index (κ3) is 4.63. The van der Waals surface area contributed by atoms with Crippen molar-refractivity contribution in [2.75, 3.05) is 26.1 Å². The molecule has 0 bridgehead atoms. The van der Waals surface area contributed by atoms with Gasteiger partial charge in [-0.15, -0.1) is 0 Å². The van der Waals surface area contributed by atoms with Gasteiger partial charge in [0, 0.05) is 28.4 Å². The maximum Gasteiger partial charge on any atom is 0.262 e. The first kappa shape index (κ1) is 21.5. The highest BCUT2D eigenvalue weighted by atomic mass is 35.5. The number of hydrogen-bond acceptors (Lipinski definition) is 5. The van der Waals surface area contributed by atoms with Crippen molar-refractivity contribution in [1.82, 2.24) is 9.97 Å². The molecule has 4 aromatic rings. The van der Waals surface area contributed by atoms with Crippen LogP contribution in [0.2, 0.25) is 5.02 Å². The van der Waals surface area contributed by atoms with E-state index in [0.717, 1.165) is 22.2 Å². The largest absolute Gasteiger partial charge is 0.493 e. The van der Waals surface area contributed by atoms with E-state index in [0.29, 0.717) is 33.8 Å². The zero-order valence-corrected chi connectivity index (χ0v) is 18.6. The number of imidazole rings is 1. The van der Waals surface area contributed by atoms with E-state index in [4.69, 9.17) is 25.8 Å². The molecule has 4 rings (SSSR count). The fraction of sp³-hybridized carbons (Fsp3) is 0.167. The summed E-state index contributed by atoms with van der Waals surface area (Å²) in [5.74, 6) is 2.20. The SMILES string of the molecule is COc1cc2nc(-c3ccc(C)c(NC(=O)COc4ccc(Cl)cc4)c3)[nH]c2cc1OC. The van der Waals surface area contributed by atoms with Crippen LogP contribution in [0.4, 0.5) is 5.69 Å². The molecule has 0 saturated carbocycles. The van der Waals surface area contributed by atoms with Crippen molar-refractivity contribution < 1.29 is 19.0 Å². The molecule has 8 heteroatoms. The van der Waals surface area contributed by atoms with Crippen LogP contribution < -0.4 is 19.5 Å². The predicted molar refractivity (Wildman–Crippen MR) is 125 cm³/mol. The van der Waals surface area contributed by atoms with Gasteiger partial charge in [0.05, 0.1) is 25.3 Å². The summed E-state index contributed by atoms with van der Waals surface area (Å²) in [5, 5.41) is 3.51. The first-order valence-corrected chi connectivity index (χ1v) is 10.3. The normalized spacial score (nSPS) is 10.8. The minimum atomic E-state index is -0.265. The maximum absolute atomic E-state index is 12.4. The summed E-state index contributed by atoms with van der Waals surface area (Å²) in [5.41, 5.74) is 4.01. The van der Waals surface area contributed by atoms with E-state index in [9.17, 15) is 4.79 Å². The molecule has 3 aromatic carbocycles. The summed E-state index contributed by atoms with van der Waals surface area (Å²) in [6.07, 6.45) is 0. The second-order valence-corrected chi connectivity index (χ2v) is 7.57. The van der Waals surface area contributed by atoms with Crippen LogP contribution in [0.15, 0.2) is 54.6 Å². The Balaban J connectivity index is 1.53. The molecular weight excluding hydrogens is 430 g/mol. The van der Waals surface area contributed by atoms with E-state index in [1.807, 2.05) is 37.3 Å². The maximum atomic E-state index is 12.4. The van der Waals surface area contributed by atoms with E-state index in [1.165, 1.54) is 0 Å². The zero-order chi connectivity index (χ0) is 22.7. The van der Waals surface area contributed by atoms with Crippen LogP contribution in [0.5, 0.6) is 17.2 Å². The summed E-state index contributed by atoms with van der Waals surface area (Å²) in [7, 11) is 3.18. The molecule has 0 aliphatic rings. The lowest BCUT2D eigenvalue weighted by Crippen LogP contribution is -2.20. The highest BCUT2D eigenvalue weighted by molar-refractivity contribution is 6.30. The Morgan fingerprint density at radius 3 is 2.47 bits per heavy atom. The summed E-state index contributed by atoms with van der Waals surface area (Å²) in [4.78, 5) is 20.4. The Labute approximate surface area is 190 Å². The van der Waals surface area contributed by atoms with Crippen molar-refractivity contribution in [2.45, 2.75) is 6.92 Å². The van der Waals surface area contributed by atoms with Gasteiger partial charge in [0.25, 0.3) is 5.91 Å². The highest BCUT2D eigenvalue weighted by Crippen LogP contribution is 2.33. The highest BCUT2D eigenvalue weighted by Gasteiger charge is 2.13. The number of ether oxygens (including phenoxy) is 3. The third-order valence-corrected chi connectivity index (χ3v) is 5.21. The van der Waals surface area contributed by atoms with Gasteiger partial charge in [-0.25, -0.2) is 4.98 Å². The molecule has 0 unspecified atom stereocenters. The molecule has 0 spiro atoms. The molecular formula is C24H22ClN3O4. The van der Waals surface area contributed by atoms with Gasteiger partial charge in [-0.05, 0) is 42.8 Å². The molecule has 1 aromatic heterocycles. The average Bonchev–Trinajstić information content (AvgIpc) is 3.22. The molecule has 0 fully saturated rings. The zero-order valence-electron chi connectivity index (χ0n) is 17.9. The number of aromatic amines is 1. The van der Waals surface area contributed by atoms with Crippen LogP contribution in [0.25, 0.3) is 22.4 Å². The first-order valence-electron chi connectivity index (χ1n) is 9.88. The Bertz CT molecular complexity index is 1230. The van der Waals surface area contributed by atoms with Crippen molar-refractivity contribution in [3.05, 3.63) is 65.2 Å². The van der Waals surface area contributed by atoms with Gasteiger partial charge >= 0.3 is 0 Å². The molecule has 32 heavy (non-hydrogen) atoms. The Morgan fingerprint density at radius 2 is 1.75 bits per heavy atom. The molecule has 1 amide bonds. The number of carbonyl (C=O) groups is 1. The smallest absolute Gasteiger partial charge is 0.262 e. The molecule has 1 heterocycles. The van der Waals surface area contributed by atoms with Crippen LogP contribution >= 0.6 is 11.6 Å². The number of carbonyl (C=O) groups excluding carboxylic acids is 1. The topological polar surface area (TPSA) is 85.5 Å². The fourth-order valence-corrected chi connectivity index (χ4v) is 3.37. The number of rotatable bonds is 7. The Kier molecular flexibility index (Phi) is 6.18. The second-order valence-electron chi connectivity index (χ2n) is 7.13. The monoisotopic (exact) mass is 451 g/mol. The third-order valence-electron chi connectivity index (χ3n) is 4.96. The van der Waals surface area contributed by atoms with Crippen molar-refractivity contribution in [3.8, 4) is 28.6 Å². The van der Waals surface area contributed by atoms with Crippen LogP contribution in [0.3, 0.4) is 0 Å². The van der Waals surface area contributed by atoms with Gasteiger partial charge in [-0.1, -0.05) is 23.7 Å². The van der Waals surface area contributed by atoms with E-state index in [2.05, 4.69) is 15.3 Å². The van der Waals surface area contributed by atoms with Gasteiger partial charge < -0.3 is 24.5 Å². The average molecular weight is 452 g/mol. The number of H-pyrrole nitrogens is 1. The number of fused-ring (bicyclic) bond motifs is 1. The van der Waals surface area contributed by atoms with Gasteiger partial charge in [0.1, 0.15) is 11.6 Å². The van der Waals surface area contributed by atoms with Crippen molar-refractivity contribution in [3.63, 3.8) is 0 Å². The summed E-state index contributed by atoms with van der Waals surface area (Å²) >= 11 is 5.87. The summed E-state index contributed by atoms with van der Waals surface area (Å²) in [6, 6.07) is 16.3. The number of aryl methyl sites for hydroxylation is 1. The summed E-state index contributed by atoms with van der Waals surface area (Å²) < 4.78 is 16.2. The number of halogens is 1. The molecule has 2 N–H and O–H groups in total. The molecule has 0 aliphatic carbocycles. The molecule has 164 valence electrons. The van der Waals surface area contributed by atoms with Crippen LogP contribution in [0.1, 0.15) is 5.56 Å². The minimum absolute atomic E-state index is 0.116. The number of aromatic nitrogens is 2. The van der Waals surface area contributed by atoms with Crippen LogP contribution in [0, 0.1) is 6.92 Å². The number of hydrogen-bond donors (Lipinski definition) is 2. The standard InChI is InChI=1S/C24H22ClN3O4/c1-14-4-5-15(24-27-19-11-21(30-2)22(31-3)12-20(19)28-24)10-18(14)26-23(29)13-32-17-8-6-16(25)7-9-17/h4-12H,13H2,1-3H3,(H,26,29)(H,27,28). The van der Waals surface area contributed by atoms with E-state index in [-0.39, 0.29) is 12.5 Å². The second kappa shape index (κ2) is 9.20. The molecule has 0 saturated heterocycles. The van der Waals surface area contributed by atoms with Crippen molar-refractivity contribution in [1.29, 1.82) is 0 Å². The van der Waals surface area contributed by atoms with Crippen LogP contribution in [-0.2, 0) is 4.79 Å². The number of nitrogens with zero attached hydrogens (tertiary/aromatic N) is 1. The minimum Gasteiger partial charge on any atom is -0.493 e. The molecule has 0 atom stereocenters. The van der Waals surface area contributed by atoms with Gasteiger partial charge in [0.2, 0.25) is 0 Å². The van der Waals surface area contributed by atoms with E-state index < -0.39 is 0 Å². The lowest BCUT2D eigenvalue weighted by molar-refractivity contribution is -0.118. The van der Waals surface area contributed by atoms with Crippen molar-refractivity contribution in [2.24, 2.45) is 0 Å². The predicted octanol–water partition coefficient (Wildman–Crippen LogP) is 5.23. The molecule has 0 aliphatic heterocycles.